The van der Waals surface area contributed by atoms with Gasteiger partial charge in [0.1, 0.15) is 5.82 Å². The quantitative estimate of drug-likeness (QED) is 0.859. The predicted molar refractivity (Wildman–Crippen MR) is 60.1 cm³/mol. The van der Waals surface area contributed by atoms with Gasteiger partial charge in [-0.05, 0) is 13.8 Å². The van der Waals surface area contributed by atoms with E-state index >= 15 is 0 Å². The molecule has 0 amide bonds. The largest absolute Gasteiger partial charge is 0.391 e. The minimum absolute atomic E-state index is 0.373. The second kappa shape index (κ2) is 5.20. The second-order valence-electron chi connectivity index (χ2n) is 3.84. The monoisotopic (exact) mass is 248 g/mol. The number of halogens is 3. The van der Waals surface area contributed by atoms with Crippen molar-refractivity contribution in [1.82, 2.24) is 9.97 Å². The lowest BCUT2D eigenvalue weighted by Crippen LogP contribution is -2.24. The van der Waals surface area contributed by atoms with Gasteiger partial charge < -0.3 is 10.6 Å². The summed E-state index contributed by atoms with van der Waals surface area (Å²) in [4.78, 5) is 8.01. The van der Waals surface area contributed by atoms with E-state index in [1.807, 2.05) is 0 Å². The normalized spacial score (nSPS) is 13.3. The highest BCUT2D eigenvalue weighted by Gasteiger charge is 2.30. The van der Waals surface area contributed by atoms with E-state index in [0.717, 1.165) is 0 Å². The van der Waals surface area contributed by atoms with Crippen molar-refractivity contribution < 1.29 is 13.2 Å². The third-order valence-electron chi connectivity index (χ3n) is 2.12. The van der Waals surface area contributed by atoms with Gasteiger partial charge in [0.05, 0.1) is 6.42 Å². The van der Waals surface area contributed by atoms with E-state index in [9.17, 15) is 13.2 Å². The summed E-state index contributed by atoms with van der Waals surface area (Å²) in [5.41, 5.74) is 0.707. The number of nitrogens with one attached hydrogen (secondary N) is 2. The Morgan fingerprint density at radius 2 is 2.06 bits per heavy atom. The smallest absolute Gasteiger partial charge is 0.367 e. The summed E-state index contributed by atoms with van der Waals surface area (Å²) in [5.74, 6) is 0.790. The van der Waals surface area contributed by atoms with Crippen molar-refractivity contribution in [3.63, 3.8) is 0 Å². The van der Waals surface area contributed by atoms with E-state index in [4.69, 9.17) is 0 Å². The molecular formula is C10H15F3N4. The molecule has 0 radical (unpaired) electrons. The fourth-order valence-corrected chi connectivity index (χ4v) is 1.34. The number of hydrogen-bond donors (Lipinski definition) is 2. The molecule has 96 valence electrons. The van der Waals surface area contributed by atoms with Crippen molar-refractivity contribution >= 4 is 11.8 Å². The zero-order valence-electron chi connectivity index (χ0n) is 9.89. The lowest BCUT2D eigenvalue weighted by Gasteiger charge is -2.17. The Labute approximate surface area is 97.7 Å². The Morgan fingerprint density at radius 1 is 1.41 bits per heavy atom. The first-order valence-electron chi connectivity index (χ1n) is 5.16. The van der Waals surface area contributed by atoms with Gasteiger partial charge in [-0.15, -0.1) is 0 Å². The zero-order chi connectivity index (χ0) is 13.1. The Morgan fingerprint density at radius 3 is 2.59 bits per heavy atom. The number of alkyl halides is 3. The van der Waals surface area contributed by atoms with Crippen LogP contribution >= 0.6 is 0 Å². The summed E-state index contributed by atoms with van der Waals surface area (Å²) < 4.78 is 36.5. The molecule has 2 N–H and O–H groups in total. The maximum atomic E-state index is 12.2. The van der Waals surface area contributed by atoms with Gasteiger partial charge in [0.2, 0.25) is 5.95 Å². The number of hydrogen-bond acceptors (Lipinski definition) is 4. The number of aromatic nitrogens is 2. The Balaban J connectivity index is 2.73. The average Bonchev–Trinajstić information content (AvgIpc) is 2.18. The van der Waals surface area contributed by atoms with Crippen molar-refractivity contribution in [3.8, 4) is 0 Å². The molecule has 0 aliphatic carbocycles. The Bertz CT molecular complexity index is 378. The zero-order valence-corrected chi connectivity index (χ0v) is 9.89. The molecule has 1 aromatic heterocycles. The van der Waals surface area contributed by atoms with Crippen LogP contribution in [0.2, 0.25) is 0 Å². The number of nitrogens with zero attached hydrogens (tertiary/aromatic N) is 2. The van der Waals surface area contributed by atoms with E-state index in [1.54, 1.807) is 20.2 Å². The molecule has 0 bridgehead atoms. The van der Waals surface area contributed by atoms with Gasteiger partial charge in [-0.3, -0.25) is 0 Å². The molecule has 1 rings (SSSR count). The van der Waals surface area contributed by atoms with Crippen molar-refractivity contribution in [1.29, 1.82) is 0 Å². The van der Waals surface area contributed by atoms with E-state index in [2.05, 4.69) is 20.6 Å². The first-order chi connectivity index (χ1) is 7.81. The van der Waals surface area contributed by atoms with Gasteiger partial charge in [0.25, 0.3) is 0 Å². The lowest BCUT2D eigenvalue weighted by atomic mass is 10.2. The van der Waals surface area contributed by atoms with Crippen LogP contribution in [0.1, 0.15) is 18.9 Å². The molecular weight excluding hydrogens is 233 g/mol. The average molecular weight is 248 g/mol. The molecule has 0 aliphatic heterocycles. The maximum absolute atomic E-state index is 12.2. The van der Waals surface area contributed by atoms with Crippen molar-refractivity contribution in [2.75, 3.05) is 17.7 Å². The van der Waals surface area contributed by atoms with Crippen LogP contribution in [0.4, 0.5) is 24.9 Å². The number of anilines is 2. The fourth-order valence-electron chi connectivity index (χ4n) is 1.34. The molecule has 0 fully saturated rings. The van der Waals surface area contributed by atoms with E-state index in [1.165, 1.54) is 6.92 Å². The third kappa shape index (κ3) is 4.46. The van der Waals surface area contributed by atoms with Crippen LogP contribution in [0, 0.1) is 6.92 Å². The summed E-state index contributed by atoms with van der Waals surface area (Å²) in [6, 6.07) is -0.728. The summed E-state index contributed by atoms with van der Waals surface area (Å²) >= 11 is 0. The highest BCUT2D eigenvalue weighted by molar-refractivity contribution is 5.46. The van der Waals surface area contributed by atoms with Crippen LogP contribution in [0.25, 0.3) is 0 Å². The number of rotatable bonds is 4. The van der Waals surface area contributed by atoms with Crippen molar-refractivity contribution in [2.24, 2.45) is 0 Å². The van der Waals surface area contributed by atoms with Crippen LogP contribution in [-0.2, 0) is 0 Å². The van der Waals surface area contributed by atoms with E-state index < -0.39 is 18.6 Å². The summed E-state index contributed by atoms with van der Waals surface area (Å²) in [5, 5.41) is 5.46. The topological polar surface area (TPSA) is 49.8 Å². The first kappa shape index (κ1) is 13.5. The fraction of sp³-hybridized carbons (Fsp3) is 0.600. The molecule has 1 aromatic rings. The summed E-state index contributed by atoms with van der Waals surface area (Å²) in [6.45, 7) is 3.20. The van der Waals surface area contributed by atoms with Gasteiger partial charge in [-0.2, -0.15) is 18.2 Å². The molecule has 0 saturated heterocycles. The van der Waals surface area contributed by atoms with Crippen LogP contribution < -0.4 is 10.6 Å². The van der Waals surface area contributed by atoms with Crippen LogP contribution in [-0.4, -0.2) is 29.2 Å². The van der Waals surface area contributed by atoms with Crippen LogP contribution in [0.15, 0.2) is 6.20 Å². The first-order valence-corrected chi connectivity index (χ1v) is 5.16. The molecule has 7 heteroatoms. The van der Waals surface area contributed by atoms with Crippen LogP contribution in [0.3, 0.4) is 0 Å². The highest BCUT2D eigenvalue weighted by Crippen LogP contribution is 2.23. The molecule has 0 aromatic carbocycles. The summed E-state index contributed by atoms with van der Waals surface area (Å²) in [7, 11) is 1.65. The molecule has 1 unspecified atom stereocenters. The van der Waals surface area contributed by atoms with Crippen molar-refractivity contribution in [3.05, 3.63) is 11.8 Å². The minimum atomic E-state index is -4.18. The van der Waals surface area contributed by atoms with E-state index in [-0.39, 0.29) is 0 Å². The SMILES string of the molecule is CNc1ncc(C)c(NC(C)CC(F)(F)F)n1. The second-order valence-corrected chi connectivity index (χ2v) is 3.84. The van der Waals surface area contributed by atoms with Crippen LogP contribution in [0.5, 0.6) is 0 Å². The number of aryl methyl sites for hydroxylation is 1. The van der Waals surface area contributed by atoms with Gasteiger partial charge in [-0.25, -0.2) is 4.98 Å². The van der Waals surface area contributed by atoms with E-state index in [0.29, 0.717) is 17.3 Å². The molecule has 0 saturated carbocycles. The Kier molecular flexibility index (Phi) is 4.14. The lowest BCUT2D eigenvalue weighted by molar-refractivity contribution is -0.136. The van der Waals surface area contributed by atoms with Gasteiger partial charge in [0, 0.05) is 24.8 Å². The van der Waals surface area contributed by atoms with Crippen molar-refractivity contribution in [2.45, 2.75) is 32.5 Å². The molecule has 0 spiro atoms. The van der Waals surface area contributed by atoms with Gasteiger partial charge in [-0.1, -0.05) is 0 Å². The van der Waals surface area contributed by atoms with Gasteiger partial charge in [0.15, 0.2) is 0 Å². The standard InChI is InChI=1S/C10H15F3N4/c1-6-5-15-9(14-3)17-8(6)16-7(2)4-10(11,12)13/h5,7H,4H2,1-3H3,(H2,14,15,16,17). The molecule has 1 heterocycles. The maximum Gasteiger partial charge on any atom is 0.391 e. The molecule has 1 atom stereocenters. The molecule has 17 heavy (non-hydrogen) atoms. The third-order valence-corrected chi connectivity index (χ3v) is 2.12. The highest BCUT2D eigenvalue weighted by atomic mass is 19.4. The minimum Gasteiger partial charge on any atom is -0.367 e. The molecule has 0 aliphatic rings. The molecule has 4 nitrogen and oxygen atoms in total. The van der Waals surface area contributed by atoms with Gasteiger partial charge >= 0.3 is 6.18 Å². The Hall–Kier alpha value is -1.53. The predicted octanol–water partition coefficient (Wildman–Crippen LogP) is 2.58. The summed E-state index contributed by atoms with van der Waals surface area (Å²) in [6.07, 6.45) is -3.52.